The van der Waals surface area contributed by atoms with Crippen LogP contribution >= 0.6 is 0 Å². The first kappa shape index (κ1) is 15.5. The van der Waals surface area contributed by atoms with E-state index in [9.17, 15) is 4.79 Å². The standard InChI is InChI=1S/C18H24N2O/c1-3-18(19,4-2)13-20-17(21)12-15-10-7-9-14-8-5-6-11-16(14)15/h5-11H,3-4,12-13,19H2,1-2H3,(H,20,21). The summed E-state index contributed by atoms with van der Waals surface area (Å²) in [6, 6.07) is 14.2. The molecule has 3 N–H and O–H groups in total. The van der Waals surface area contributed by atoms with Gasteiger partial charge in [0.1, 0.15) is 0 Å². The highest BCUT2D eigenvalue weighted by atomic mass is 16.1. The quantitative estimate of drug-likeness (QED) is 0.856. The van der Waals surface area contributed by atoms with Gasteiger partial charge in [-0.1, -0.05) is 56.3 Å². The Morgan fingerprint density at radius 3 is 2.48 bits per heavy atom. The Morgan fingerprint density at radius 1 is 1.10 bits per heavy atom. The van der Waals surface area contributed by atoms with Gasteiger partial charge in [-0.25, -0.2) is 0 Å². The molecule has 0 spiro atoms. The third kappa shape index (κ3) is 3.82. The van der Waals surface area contributed by atoms with Crippen molar-refractivity contribution in [1.29, 1.82) is 0 Å². The molecule has 0 aliphatic carbocycles. The molecule has 0 bridgehead atoms. The highest BCUT2D eigenvalue weighted by Crippen LogP contribution is 2.19. The molecule has 0 aliphatic rings. The predicted molar refractivity (Wildman–Crippen MR) is 88.2 cm³/mol. The SMILES string of the molecule is CCC(N)(CC)CNC(=O)Cc1cccc2ccccc12. The van der Waals surface area contributed by atoms with E-state index < -0.39 is 0 Å². The molecule has 0 aromatic heterocycles. The Labute approximate surface area is 126 Å². The number of nitrogens with two attached hydrogens (primary N) is 1. The zero-order valence-corrected chi connectivity index (χ0v) is 12.9. The minimum atomic E-state index is -0.297. The van der Waals surface area contributed by atoms with Gasteiger partial charge in [0.2, 0.25) is 5.91 Å². The van der Waals surface area contributed by atoms with E-state index in [2.05, 4.69) is 37.4 Å². The van der Waals surface area contributed by atoms with Crippen molar-refractivity contribution >= 4 is 16.7 Å². The molecule has 3 nitrogen and oxygen atoms in total. The van der Waals surface area contributed by atoms with Crippen LogP contribution < -0.4 is 11.1 Å². The molecule has 112 valence electrons. The Kier molecular flexibility index (Phi) is 4.97. The van der Waals surface area contributed by atoms with E-state index in [1.807, 2.05) is 24.3 Å². The van der Waals surface area contributed by atoms with Crippen LogP contribution in [0, 0.1) is 0 Å². The van der Waals surface area contributed by atoms with Crippen LogP contribution in [0.25, 0.3) is 10.8 Å². The monoisotopic (exact) mass is 284 g/mol. The highest BCUT2D eigenvalue weighted by molar-refractivity contribution is 5.90. The molecule has 21 heavy (non-hydrogen) atoms. The van der Waals surface area contributed by atoms with Crippen molar-refractivity contribution in [2.45, 2.75) is 38.6 Å². The van der Waals surface area contributed by atoms with Gasteiger partial charge in [-0.3, -0.25) is 4.79 Å². The number of nitrogens with one attached hydrogen (secondary N) is 1. The number of fused-ring (bicyclic) bond motifs is 1. The van der Waals surface area contributed by atoms with Crippen LogP contribution in [0.1, 0.15) is 32.3 Å². The van der Waals surface area contributed by atoms with Crippen LogP contribution in [-0.4, -0.2) is 18.0 Å². The molecule has 2 aromatic rings. The number of benzene rings is 2. The molecule has 0 unspecified atom stereocenters. The molecule has 2 aromatic carbocycles. The molecule has 2 rings (SSSR count). The summed E-state index contributed by atoms with van der Waals surface area (Å²) >= 11 is 0. The second-order valence-corrected chi connectivity index (χ2v) is 5.66. The van der Waals surface area contributed by atoms with E-state index in [-0.39, 0.29) is 11.4 Å². The van der Waals surface area contributed by atoms with Crippen molar-refractivity contribution in [2.75, 3.05) is 6.54 Å². The maximum absolute atomic E-state index is 12.2. The summed E-state index contributed by atoms with van der Waals surface area (Å²) in [6.45, 7) is 4.64. The summed E-state index contributed by atoms with van der Waals surface area (Å²) in [5.74, 6) is 0.0306. The van der Waals surface area contributed by atoms with Gasteiger partial charge in [0, 0.05) is 12.1 Å². The van der Waals surface area contributed by atoms with Crippen LogP contribution in [0.3, 0.4) is 0 Å². The maximum atomic E-state index is 12.2. The molecule has 0 radical (unpaired) electrons. The van der Waals surface area contributed by atoms with Gasteiger partial charge >= 0.3 is 0 Å². The maximum Gasteiger partial charge on any atom is 0.224 e. The van der Waals surface area contributed by atoms with Gasteiger partial charge < -0.3 is 11.1 Å². The van der Waals surface area contributed by atoms with Gasteiger partial charge in [0.15, 0.2) is 0 Å². The van der Waals surface area contributed by atoms with Crippen LogP contribution in [-0.2, 0) is 11.2 Å². The van der Waals surface area contributed by atoms with Crippen LogP contribution in [0.15, 0.2) is 42.5 Å². The van der Waals surface area contributed by atoms with Crippen molar-refractivity contribution in [1.82, 2.24) is 5.32 Å². The summed E-state index contributed by atoms with van der Waals surface area (Å²) in [6.07, 6.45) is 2.11. The molecule has 0 atom stereocenters. The first-order valence-corrected chi connectivity index (χ1v) is 7.60. The topological polar surface area (TPSA) is 55.1 Å². The number of carbonyl (C=O) groups excluding carboxylic acids is 1. The Balaban J connectivity index is 2.05. The van der Waals surface area contributed by atoms with Crippen molar-refractivity contribution in [3.63, 3.8) is 0 Å². The predicted octanol–water partition coefficient (Wildman–Crippen LogP) is 3.02. The first-order valence-electron chi connectivity index (χ1n) is 7.60. The van der Waals surface area contributed by atoms with E-state index in [1.54, 1.807) is 0 Å². The number of hydrogen-bond acceptors (Lipinski definition) is 2. The second kappa shape index (κ2) is 6.72. The fraction of sp³-hybridized carbons (Fsp3) is 0.389. The molecule has 0 fully saturated rings. The first-order chi connectivity index (χ1) is 10.1. The van der Waals surface area contributed by atoms with E-state index >= 15 is 0 Å². The van der Waals surface area contributed by atoms with Crippen LogP contribution in [0.4, 0.5) is 0 Å². The molecule has 0 aliphatic heterocycles. The van der Waals surface area contributed by atoms with Crippen molar-refractivity contribution in [3.05, 3.63) is 48.0 Å². The third-order valence-corrected chi connectivity index (χ3v) is 4.28. The smallest absolute Gasteiger partial charge is 0.224 e. The van der Waals surface area contributed by atoms with E-state index in [0.717, 1.165) is 29.2 Å². The van der Waals surface area contributed by atoms with Gasteiger partial charge in [0.05, 0.1) is 6.42 Å². The van der Waals surface area contributed by atoms with Gasteiger partial charge in [-0.2, -0.15) is 0 Å². The summed E-state index contributed by atoms with van der Waals surface area (Å²) < 4.78 is 0. The fourth-order valence-electron chi connectivity index (χ4n) is 2.46. The lowest BCUT2D eigenvalue weighted by Gasteiger charge is -2.26. The van der Waals surface area contributed by atoms with Crippen molar-refractivity contribution in [3.8, 4) is 0 Å². The fourth-order valence-corrected chi connectivity index (χ4v) is 2.46. The lowest BCUT2D eigenvalue weighted by molar-refractivity contribution is -0.120. The molecule has 0 heterocycles. The summed E-state index contributed by atoms with van der Waals surface area (Å²) in [4.78, 5) is 12.2. The van der Waals surface area contributed by atoms with E-state index in [4.69, 9.17) is 5.73 Å². The van der Waals surface area contributed by atoms with E-state index in [0.29, 0.717) is 13.0 Å². The van der Waals surface area contributed by atoms with Crippen LogP contribution in [0.2, 0.25) is 0 Å². The Bertz CT molecular complexity index is 612. The lowest BCUT2D eigenvalue weighted by atomic mass is 9.94. The summed E-state index contributed by atoms with van der Waals surface area (Å²) in [5.41, 5.74) is 6.97. The minimum Gasteiger partial charge on any atom is -0.354 e. The average molecular weight is 284 g/mol. The lowest BCUT2D eigenvalue weighted by Crippen LogP contribution is -2.49. The minimum absolute atomic E-state index is 0.0306. The molecular formula is C18H24N2O. The number of carbonyl (C=O) groups is 1. The molecule has 3 heteroatoms. The largest absolute Gasteiger partial charge is 0.354 e. The van der Waals surface area contributed by atoms with Crippen LogP contribution in [0.5, 0.6) is 0 Å². The second-order valence-electron chi connectivity index (χ2n) is 5.66. The molecular weight excluding hydrogens is 260 g/mol. The van der Waals surface area contributed by atoms with Gasteiger partial charge in [0.25, 0.3) is 0 Å². The number of rotatable bonds is 6. The van der Waals surface area contributed by atoms with Gasteiger partial charge in [-0.15, -0.1) is 0 Å². The van der Waals surface area contributed by atoms with Crippen molar-refractivity contribution in [2.24, 2.45) is 5.73 Å². The van der Waals surface area contributed by atoms with Crippen molar-refractivity contribution < 1.29 is 4.79 Å². The third-order valence-electron chi connectivity index (χ3n) is 4.28. The normalized spacial score (nSPS) is 11.6. The summed E-state index contributed by atoms with van der Waals surface area (Å²) in [7, 11) is 0. The molecule has 0 saturated heterocycles. The average Bonchev–Trinajstić information content (AvgIpc) is 2.53. The zero-order chi connectivity index (χ0) is 15.3. The summed E-state index contributed by atoms with van der Waals surface area (Å²) in [5, 5.41) is 5.28. The number of amides is 1. The Morgan fingerprint density at radius 2 is 1.76 bits per heavy atom. The highest BCUT2D eigenvalue weighted by Gasteiger charge is 2.20. The molecule has 0 saturated carbocycles. The molecule has 1 amide bonds. The Hall–Kier alpha value is -1.87. The number of hydrogen-bond donors (Lipinski definition) is 2. The van der Waals surface area contributed by atoms with Gasteiger partial charge in [-0.05, 0) is 29.2 Å². The van der Waals surface area contributed by atoms with E-state index in [1.165, 1.54) is 0 Å². The zero-order valence-electron chi connectivity index (χ0n) is 12.9.